The van der Waals surface area contributed by atoms with Gasteiger partial charge in [0.25, 0.3) is 0 Å². The van der Waals surface area contributed by atoms with E-state index in [1.54, 1.807) is 19.1 Å². The van der Waals surface area contributed by atoms with Crippen LogP contribution in [0.2, 0.25) is 0 Å². The Morgan fingerprint density at radius 3 is 2.00 bits per heavy atom. The third-order valence-corrected chi connectivity index (χ3v) is 7.45. The third-order valence-electron chi connectivity index (χ3n) is 7.45. The average molecular weight is 510 g/mol. The van der Waals surface area contributed by atoms with Crippen LogP contribution in [-0.2, 0) is 16.0 Å². The molecule has 0 saturated carbocycles. The largest absolute Gasteiger partial charge is 0.497 e. The van der Waals surface area contributed by atoms with Gasteiger partial charge in [-0.05, 0) is 82.5 Å². The van der Waals surface area contributed by atoms with E-state index in [9.17, 15) is 9.59 Å². The van der Waals surface area contributed by atoms with E-state index in [4.69, 9.17) is 14.2 Å². The third kappa shape index (κ3) is 5.54. The van der Waals surface area contributed by atoms with E-state index >= 15 is 0 Å². The van der Waals surface area contributed by atoms with Crippen molar-refractivity contribution < 1.29 is 23.8 Å². The molecule has 1 spiro atoms. The minimum atomic E-state index is -0.664. The topological polar surface area (TPSA) is 71.5 Å². The van der Waals surface area contributed by atoms with Crippen LogP contribution in [0.3, 0.4) is 0 Å². The molecule has 0 radical (unpaired) electrons. The minimum Gasteiger partial charge on any atom is -0.497 e. The van der Waals surface area contributed by atoms with Crippen LogP contribution in [-0.4, -0.2) is 78.7 Å². The summed E-state index contributed by atoms with van der Waals surface area (Å²) < 4.78 is 16.2. The van der Waals surface area contributed by atoms with Crippen molar-refractivity contribution in [2.75, 3.05) is 40.9 Å². The molecule has 8 nitrogen and oxygen atoms in total. The van der Waals surface area contributed by atoms with Gasteiger partial charge in [-0.2, -0.15) is 0 Å². The molecule has 37 heavy (non-hydrogen) atoms. The maximum absolute atomic E-state index is 14.1. The van der Waals surface area contributed by atoms with Gasteiger partial charge in [0.15, 0.2) is 0 Å². The van der Waals surface area contributed by atoms with Crippen molar-refractivity contribution in [1.29, 1.82) is 0 Å². The van der Waals surface area contributed by atoms with E-state index in [-0.39, 0.29) is 18.2 Å². The summed E-state index contributed by atoms with van der Waals surface area (Å²) in [4.78, 5) is 32.7. The zero-order valence-corrected chi connectivity index (χ0v) is 22.8. The number of likely N-dealkylation sites (tertiary alicyclic amines) is 1. The lowest BCUT2D eigenvalue weighted by Gasteiger charge is -2.42. The molecular weight excluding hydrogens is 470 g/mol. The van der Waals surface area contributed by atoms with Gasteiger partial charge in [-0.25, -0.2) is 4.79 Å². The van der Waals surface area contributed by atoms with Gasteiger partial charge in [0.1, 0.15) is 28.8 Å². The van der Waals surface area contributed by atoms with Crippen molar-refractivity contribution in [3.8, 4) is 11.5 Å². The normalized spacial score (nSPS) is 19.8. The summed E-state index contributed by atoms with van der Waals surface area (Å²) in [6.07, 6.45) is 1.33. The molecular formula is C29H39N3O5. The number of amides is 2. The number of piperidine rings is 1. The molecule has 1 atom stereocenters. The molecule has 2 aliphatic heterocycles. The number of hydrogen-bond acceptors (Lipinski definition) is 6. The molecule has 2 aliphatic rings. The van der Waals surface area contributed by atoms with Gasteiger partial charge in [-0.15, -0.1) is 0 Å². The fourth-order valence-corrected chi connectivity index (χ4v) is 5.37. The fourth-order valence-electron chi connectivity index (χ4n) is 5.37. The maximum atomic E-state index is 14.1. The number of nitrogens with zero attached hydrogens (tertiary/aromatic N) is 3. The number of ether oxygens (including phenoxy) is 3. The summed E-state index contributed by atoms with van der Waals surface area (Å²) in [5.74, 6) is 1.71. The highest BCUT2D eigenvalue weighted by Gasteiger charge is 2.57. The molecule has 2 aromatic carbocycles. The Bertz CT molecular complexity index is 1090. The highest BCUT2D eigenvalue weighted by molar-refractivity contribution is 5.89. The molecule has 2 fully saturated rings. The minimum absolute atomic E-state index is 0.119. The SMILES string of the molecule is COc1ccc(CCN2C(=O)C3(CCN(C(=O)OC(C)(C)C)CC3)N(C)C2c2ccc(OC)cc2)cc1. The zero-order valence-electron chi connectivity index (χ0n) is 22.8. The van der Waals surface area contributed by atoms with Crippen molar-refractivity contribution in [3.05, 3.63) is 59.7 Å². The summed E-state index contributed by atoms with van der Waals surface area (Å²) in [7, 11) is 5.33. The first kappa shape index (κ1) is 26.8. The molecule has 0 aliphatic carbocycles. The second-order valence-electron chi connectivity index (χ2n) is 10.9. The molecule has 200 valence electrons. The van der Waals surface area contributed by atoms with Crippen LogP contribution in [0.15, 0.2) is 48.5 Å². The first-order valence-electron chi connectivity index (χ1n) is 12.9. The zero-order chi connectivity index (χ0) is 26.8. The molecule has 2 saturated heterocycles. The van der Waals surface area contributed by atoms with Gasteiger partial charge in [-0.3, -0.25) is 9.69 Å². The summed E-state index contributed by atoms with van der Waals surface area (Å²) in [6, 6.07) is 15.9. The Morgan fingerprint density at radius 2 is 1.49 bits per heavy atom. The number of hydrogen-bond donors (Lipinski definition) is 0. The molecule has 8 heteroatoms. The number of carbonyl (C=O) groups excluding carboxylic acids is 2. The number of benzene rings is 2. The van der Waals surface area contributed by atoms with Crippen molar-refractivity contribution in [2.45, 2.75) is 57.3 Å². The Morgan fingerprint density at radius 1 is 0.946 bits per heavy atom. The average Bonchev–Trinajstić information content (AvgIpc) is 3.08. The van der Waals surface area contributed by atoms with Crippen LogP contribution < -0.4 is 9.47 Å². The molecule has 2 amide bonds. The second-order valence-corrected chi connectivity index (χ2v) is 10.9. The van der Waals surface area contributed by atoms with Crippen molar-refractivity contribution in [1.82, 2.24) is 14.7 Å². The van der Waals surface area contributed by atoms with E-state index in [2.05, 4.69) is 4.90 Å². The fraction of sp³-hybridized carbons (Fsp3) is 0.517. The van der Waals surface area contributed by atoms with Gasteiger partial charge in [0.05, 0.1) is 14.2 Å². The van der Waals surface area contributed by atoms with Crippen LogP contribution in [0.4, 0.5) is 4.79 Å². The van der Waals surface area contributed by atoms with Crippen LogP contribution in [0.25, 0.3) is 0 Å². The van der Waals surface area contributed by atoms with E-state index in [0.717, 1.165) is 29.0 Å². The molecule has 1 unspecified atom stereocenters. The lowest BCUT2D eigenvalue weighted by atomic mass is 9.86. The Balaban J connectivity index is 1.57. The Labute approximate surface area is 220 Å². The number of rotatable bonds is 6. The lowest BCUT2D eigenvalue weighted by molar-refractivity contribution is -0.135. The van der Waals surface area contributed by atoms with E-state index in [1.165, 1.54) is 0 Å². The lowest BCUT2D eigenvalue weighted by Crippen LogP contribution is -2.56. The molecule has 4 rings (SSSR count). The first-order valence-corrected chi connectivity index (χ1v) is 12.9. The number of carbonyl (C=O) groups is 2. The predicted molar refractivity (Wildman–Crippen MR) is 142 cm³/mol. The van der Waals surface area contributed by atoms with E-state index < -0.39 is 11.1 Å². The standard InChI is InChI=1S/C29H39N3O5/c1-28(2,3)37-27(34)31-19-16-29(17-20-31)26(33)32(18-15-21-7-11-23(35-5)12-8-21)25(30(29)4)22-9-13-24(36-6)14-10-22/h7-14,25H,15-20H2,1-6H3. The second kappa shape index (κ2) is 10.6. The van der Waals surface area contributed by atoms with Gasteiger partial charge in [0.2, 0.25) is 5.91 Å². The quantitative estimate of drug-likeness (QED) is 0.572. The van der Waals surface area contributed by atoms with E-state index in [0.29, 0.717) is 32.5 Å². The number of likely N-dealkylation sites (N-methyl/N-ethyl adjacent to an activating group) is 1. The molecule has 2 aromatic rings. The van der Waals surface area contributed by atoms with Gasteiger partial charge < -0.3 is 24.0 Å². The van der Waals surface area contributed by atoms with Crippen LogP contribution in [0.5, 0.6) is 11.5 Å². The summed E-state index contributed by atoms with van der Waals surface area (Å²) >= 11 is 0. The molecule has 0 aromatic heterocycles. The first-order chi connectivity index (χ1) is 17.6. The monoisotopic (exact) mass is 509 g/mol. The maximum Gasteiger partial charge on any atom is 0.410 e. The van der Waals surface area contributed by atoms with Crippen LogP contribution >= 0.6 is 0 Å². The predicted octanol–water partition coefficient (Wildman–Crippen LogP) is 4.49. The summed E-state index contributed by atoms with van der Waals surface area (Å²) in [6.45, 7) is 7.14. The highest BCUT2D eigenvalue weighted by Crippen LogP contribution is 2.45. The van der Waals surface area contributed by atoms with Gasteiger partial charge >= 0.3 is 6.09 Å². The Hall–Kier alpha value is -3.26. The van der Waals surface area contributed by atoms with Crippen LogP contribution in [0.1, 0.15) is 50.9 Å². The van der Waals surface area contributed by atoms with Gasteiger partial charge in [0, 0.05) is 19.6 Å². The smallest absolute Gasteiger partial charge is 0.410 e. The molecule has 0 N–H and O–H groups in total. The Kier molecular flexibility index (Phi) is 7.69. The van der Waals surface area contributed by atoms with Crippen molar-refractivity contribution >= 4 is 12.0 Å². The van der Waals surface area contributed by atoms with Gasteiger partial charge in [-0.1, -0.05) is 24.3 Å². The van der Waals surface area contributed by atoms with Crippen molar-refractivity contribution in [2.24, 2.45) is 0 Å². The number of methoxy groups -OCH3 is 2. The highest BCUT2D eigenvalue weighted by atomic mass is 16.6. The van der Waals surface area contributed by atoms with E-state index in [1.807, 2.05) is 81.2 Å². The van der Waals surface area contributed by atoms with Crippen LogP contribution in [0, 0.1) is 0 Å². The summed E-state index contributed by atoms with van der Waals surface area (Å²) in [5.41, 5.74) is 0.968. The molecule has 2 heterocycles. The molecule has 0 bridgehead atoms. The summed E-state index contributed by atoms with van der Waals surface area (Å²) in [5, 5.41) is 0. The van der Waals surface area contributed by atoms with Crippen molar-refractivity contribution in [3.63, 3.8) is 0 Å².